The van der Waals surface area contributed by atoms with Crippen LogP contribution >= 0.6 is 0 Å². The molecule has 2 aliphatic carbocycles. The molecule has 0 radical (unpaired) electrons. The van der Waals surface area contributed by atoms with E-state index < -0.39 is 5.41 Å². The lowest BCUT2D eigenvalue weighted by Crippen LogP contribution is -2.32. The number of hydrogen-bond acceptors (Lipinski definition) is 3. The van der Waals surface area contributed by atoms with Gasteiger partial charge in [0.1, 0.15) is 17.2 Å². The van der Waals surface area contributed by atoms with Crippen molar-refractivity contribution < 1.29 is 15.3 Å². The number of phenolic OH excluding ortho intramolecular Hbond substituents is 3. The Hall–Kier alpha value is -3.72. The summed E-state index contributed by atoms with van der Waals surface area (Å²) in [6.45, 7) is 0. The van der Waals surface area contributed by atoms with Gasteiger partial charge in [0.15, 0.2) is 0 Å². The van der Waals surface area contributed by atoms with Crippen LogP contribution in [0.15, 0.2) is 91.0 Å². The minimum Gasteiger partial charge on any atom is -0.508 e. The molecular weight excluding hydrogens is 492 g/mol. The molecular formula is C37H40O3. The molecule has 206 valence electrons. The van der Waals surface area contributed by atoms with E-state index >= 15 is 0 Å². The lowest BCUT2D eigenvalue weighted by molar-refractivity contribution is 0.401. The summed E-state index contributed by atoms with van der Waals surface area (Å²) in [6, 6.07) is 29.8. The van der Waals surface area contributed by atoms with Crippen LogP contribution in [0.3, 0.4) is 0 Å². The third-order valence-corrected chi connectivity index (χ3v) is 9.52. The van der Waals surface area contributed by atoms with Crippen LogP contribution < -0.4 is 0 Å². The quantitative estimate of drug-likeness (QED) is 0.217. The Bertz CT molecular complexity index is 1380. The molecule has 0 aliphatic heterocycles. The number of benzene rings is 4. The minimum absolute atomic E-state index is 0.156. The van der Waals surface area contributed by atoms with Gasteiger partial charge in [0, 0.05) is 11.1 Å². The van der Waals surface area contributed by atoms with Crippen LogP contribution in [0, 0.1) is 0 Å². The molecule has 0 unspecified atom stereocenters. The molecule has 4 aromatic rings. The molecule has 6 rings (SSSR count). The maximum atomic E-state index is 12.2. The highest BCUT2D eigenvalue weighted by atomic mass is 16.3. The summed E-state index contributed by atoms with van der Waals surface area (Å²) in [5, 5.41) is 35.1. The summed E-state index contributed by atoms with van der Waals surface area (Å²) in [5.41, 5.74) is 4.16. The Balaban J connectivity index is 1.68. The maximum absolute atomic E-state index is 12.2. The Morgan fingerprint density at radius 1 is 0.475 bits per heavy atom. The van der Waals surface area contributed by atoms with Gasteiger partial charge in [-0.25, -0.2) is 0 Å². The Morgan fingerprint density at radius 3 is 1.45 bits per heavy atom. The van der Waals surface area contributed by atoms with Crippen LogP contribution in [0.5, 0.6) is 17.2 Å². The number of aromatic hydroxyl groups is 3. The van der Waals surface area contributed by atoms with Crippen molar-refractivity contribution in [2.75, 3.05) is 0 Å². The van der Waals surface area contributed by atoms with Crippen molar-refractivity contribution in [3.63, 3.8) is 0 Å². The second kappa shape index (κ2) is 11.4. The zero-order valence-electron chi connectivity index (χ0n) is 23.2. The number of phenols is 3. The van der Waals surface area contributed by atoms with E-state index in [9.17, 15) is 15.3 Å². The molecule has 0 bridgehead atoms. The van der Waals surface area contributed by atoms with Crippen molar-refractivity contribution in [2.45, 2.75) is 81.5 Å². The predicted octanol–water partition coefficient (Wildman–Crippen LogP) is 9.28. The van der Waals surface area contributed by atoms with E-state index in [0.717, 1.165) is 59.1 Å². The molecule has 40 heavy (non-hydrogen) atoms. The van der Waals surface area contributed by atoms with Crippen LogP contribution in [0.25, 0.3) is 0 Å². The van der Waals surface area contributed by atoms with Crippen molar-refractivity contribution in [1.82, 2.24) is 0 Å². The fourth-order valence-corrected chi connectivity index (χ4v) is 7.58. The average Bonchev–Trinajstić information content (AvgIpc) is 3.00. The van der Waals surface area contributed by atoms with Crippen molar-refractivity contribution >= 4 is 0 Å². The lowest BCUT2D eigenvalue weighted by atomic mass is 9.63. The summed E-state index contributed by atoms with van der Waals surface area (Å²) in [6.07, 6.45) is 11.5. The largest absolute Gasteiger partial charge is 0.508 e. The van der Waals surface area contributed by atoms with Crippen LogP contribution in [0.4, 0.5) is 0 Å². The highest BCUT2D eigenvalue weighted by Crippen LogP contribution is 2.54. The Labute approximate surface area is 238 Å². The Morgan fingerprint density at radius 2 is 0.950 bits per heavy atom. The molecule has 0 amide bonds. The minimum atomic E-state index is -1.04. The van der Waals surface area contributed by atoms with Crippen LogP contribution in [-0.4, -0.2) is 15.3 Å². The van der Waals surface area contributed by atoms with Crippen molar-refractivity contribution in [3.8, 4) is 17.2 Å². The van der Waals surface area contributed by atoms with Gasteiger partial charge in [-0.15, -0.1) is 0 Å². The predicted molar refractivity (Wildman–Crippen MR) is 161 cm³/mol. The van der Waals surface area contributed by atoms with E-state index in [4.69, 9.17) is 0 Å². The first-order valence-electron chi connectivity index (χ1n) is 15.1. The monoisotopic (exact) mass is 532 g/mol. The van der Waals surface area contributed by atoms with E-state index in [-0.39, 0.29) is 5.75 Å². The van der Waals surface area contributed by atoms with E-state index in [1.54, 1.807) is 12.1 Å². The van der Waals surface area contributed by atoms with Gasteiger partial charge in [-0.05, 0) is 71.9 Å². The molecule has 0 atom stereocenters. The zero-order chi connectivity index (χ0) is 27.5. The van der Waals surface area contributed by atoms with Crippen LogP contribution in [-0.2, 0) is 5.41 Å². The van der Waals surface area contributed by atoms with E-state index in [1.807, 2.05) is 42.5 Å². The second-order valence-electron chi connectivity index (χ2n) is 11.8. The van der Waals surface area contributed by atoms with E-state index in [0.29, 0.717) is 23.3 Å². The third-order valence-electron chi connectivity index (χ3n) is 9.52. The summed E-state index contributed by atoms with van der Waals surface area (Å²) in [7, 11) is 0. The topological polar surface area (TPSA) is 60.7 Å². The smallest absolute Gasteiger partial charge is 0.123 e. The Kier molecular flexibility index (Phi) is 7.56. The molecule has 2 saturated carbocycles. The van der Waals surface area contributed by atoms with Gasteiger partial charge >= 0.3 is 0 Å². The third kappa shape index (κ3) is 4.66. The summed E-state index contributed by atoms with van der Waals surface area (Å²) in [4.78, 5) is 0. The fraction of sp³-hybridized carbons (Fsp3) is 0.351. The van der Waals surface area contributed by atoms with Crippen molar-refractivity contribution in [3.05, 3.63) is 124 Å². The molecule has 3 heteroatoms. The van der Waals surface area contributed by atoms with E-state index in [2.05, 4.69) is 36.4 Å². The number of rotatable bonds is 6. The number of para-hydroxylation sites is 2. The van der Waals surface area contributed by atoms with Crippen molar-refractivity contribution in [1.29, 1.82) is 0 Å². The molecule has 0 aromatic heterocycles. The van der Waals surface area contributed by atoms with Gasteiger partial charge in [0.05, 0.1) is 5.41 Å². The fourth-order valence-electron chi connectivity index (χ4n) is 7.58. The van der Waals surface area contributed by atoms with Gasteiger partial charge in [0.2, 0.25) is 0 Å². The van der Waals surface area contributed by atoms with Crippen LogP contribution in [0.2, 0.25) is 0 Å². The molecule has 0 heterocycles. The molecule has 2 aliphatic rings. The molecule has 0 spiro atoms. The summed E-state index contributed by atoms with van der Waals surface area (Å²) in [5.74, 6) is 1.37. The highest BCUT2D eigenvalue weighted by molar-refractivity contribution is 5.68. The van der Waals surface area contributed by atoms with Crippen molar-refractivity contribution in [2.24, 2.45) is 0 Å². The normalized spacial score (nSPS) is 17.1. The first-order chi connectivity index (χ1) is 19.6. The standard InChI is InChI=1S/C37H40O3/c38-30-20-10-19-29(25-30)37(28-17-8-3-9-18-28,33-23-11-21-31(35(33)39)26-13-4-1-5-14-26)34-24-12-22-32(36(34)40)27-15-6-2-7-16-27/h3,8-12,17-27,38-40H,1-2,4-7,13-16H2. The first kappa shape index (κ1) is 26.5. The summed E-state index contributed by atoms with van der Waals surface area (Å²) >= 11 is 0. The van der Waals surface area contributed by atoms with Gasteiger partial charge in [-0.1, -0.05) is 117 Å². The number of hydrogen-bond donors (Lipinski definition) is 3. The van der Waals surface area contributed by atoms with Gasteiger partial charge in [0.25, 0.3) is 0 Å². The van der Waals surface area contributed by atoms with E-state index in [1.165, 1.54) is 38.5 Å². The summed E-state index contributed by atoms with van der Waals surface area (Å²) < 4.78 is 0. The first-order valence-corrected chi connectivity index (χ1v) is 15.1. The molecule has 3 nitrogen and oxygen atoms in total. The molecule has 3 N–H and O–H groups in total. The highest BCUT2D eigenvalue weighted by Gasteiger charge is 2.44. The zero-order valence-corrected chi connectivity index (χ0v) is 23.2. The van der Waals surface area contributed by atoms with Crippen LogP contribution in [0.1, 0.15) is 109 Å². The maximum Gasteiger partial charge on any atom is 0.123 e. The molecule has 2 fully saturated rings. The van der Waals surface area contributed by atoms with Gasteiger partial charge in [-0.2, -0.15) is 0 Å². The lowest BCUT2D eigenvalue weighted by Gasteiger charge is -2.39. The van der Waals surface area contributed by atoms with Gasteiger partial charge < -0.3 is 15.3 Å². The molecule has 4 aromatic carbocycles. The molecule has 0 saturated heterocycles. The average molecular weight is 533 g/mol. The SMILES string of the molecule is Oc1cccc(C(c2ccccc2)(c2cccc(C3CCCCC3)c2O)c2cccc(C3CCCCC3)c2O)c1. The van der Waals surface area contributed by atoms with Gasteiger partial charge in [-0.3, -0.25) is 0 Å². The second-order valence-corrected chi connectivity index (χ2v) is 11.8.